The molecule has 2 nitrogen and oxygen atoms in total. The Hall–Kier alpha value is -0.730. The molecule has 0 bridgehead atoms. The number of hydrogen-bond acceptors (Lipinski definition) is 2. The number of ether oxygens (including phenoxy) is 1. The van der Waals surface area contributed by atoms with Gasteiger partial charge in [-0.05, 0) is 43.9 Å². The molecule has 2 rings (SSSR count). The van der Waals surface area contributed by atoms with Gasteiger partial charge in [-0.25, -0.2) is 0 Å². The molecule has 0 aliphatic heterocycles. The zero-order valence-corrected chi connectivity index (χ0v) is 11.0. The van der Waals surface area contributed by atoms with Crippen LogP contribution < -0.4 is 10.5 Å². The molecule has 2 unspecified atom stereocenters. The molecule has 17 heavy (non-hydrogen) atoms. The van der Waals surface area contributed by atoms with E-state index in [-0.39, 0.29) is 12.1 Å². The van der Waals surface area contributed by atoms with Gasteiger partial charge in [0.2, 0.25) is 0 Å². The van der Waals surface area contributed by atoms with Crippen LogP contribution in [0.3, 0.4) is 0 Å². The first-order chi connectivity index (χ1) is 8.16. The third kappa shape index (κ3) is 3.36. The maximum Gasteiger partial charge on any atom is 0.121 e. The molecule has 0 heterocycles. The fourth-order valence-electron chi connectivity index (χ4n) is 2.56. The summed E-state index contributed by atoms with van der Waals surface area (Å²) in [6.45, 7) is 2.05. The molecule has 1 aliphatic carbocycles. The summed E-state index contributed by atoms with van der Waals surface area (Å²) in [7, 11) is 0. The van der Waals surface area contributed by atoms with Crippen LogP contribution in [0.4, 0.5) is 0 Å². The Kier molecular flexibility index (Phi) is 4.30. The van der Waals surface area contributed by atoms with E-state index in [1.54, 1.807) is 0 Å². The summed E-state index contributed by atoms with van der Waals surface area (Å²) < 4.78 is 5.86. The molecule has 1 aliphatic rings. The van der Waals surface area contributed by atoms with E-state index >= 15 is 0 Å². The van der Waals surface area contributed by atoms with E-state index in [9.17, 15) is 0 Å². The summed E-state index contributed by atoms with van der Waals surface area (Å²) in [5, 5.41) is 0.698. The Morgan fingerprint density at radius 2 is 2.06 bits per heavy atom. The van der Waals surface area contributed by atoms with E-state index < -0.39 is 0 Å². The summed E-state index contributed by atoms with van der Waals surface area (Å²) in [4.78, 5) is 0. The first-order valence-electron chi connectivity index (χ1n) is 6.34. The SMILES string of the molecule is CC(Oc1cccc(Cl)c1)C(N)C1CCCC1. The average Bonchev–Trinajstić information content (AvgIpc) is 2.81. The number of hydrogen-bond donors (Lipinski definition) is 1. The van der Waals surface area contributed by atoms with E-state index in [0.29, 0.717) is 10.9 Å². The molecule has 3 heteroatoms. The molecule has 0 saturated heterocycles. The molecule has 1 aromatic carbocycles. The van der Waals surface area contributed by atoms with Gasteiger partial charge in [0.1, 0.15) is 11.9 Å². The van der Waals surface area contributed by atoms with Crippen LogP contribution in [0.1, 0.15) is 32.6 Å². The van der Waals surface area contributed by atoms with Gasteiger partial charge in [0.15, 0.2) is 0 Å². The monoisotopic (exact) mass is 253 g/mol. The largest absolute Gasteiger partial charge is 0.489 e. The second kappa shape index (κ2) is 5.74. The summed E-state index contributed by atoms with van der Waals surface area (Å²) in [5.74, 6) is 1.42. The van der Waals surface area contributed by atoms with Gasteiger partial charge in [-0.2, -0.15) is 0 Å². The molecule has 0 amide bonds. The van der Waals surface area contributed by atoms with E-state index in [1.807, 2.05) is 31.2 Å². The molecule has 2 atom stereocenters. The van der Waals surface area contributed by atoms with Crippen LogP contribution in [0, 0.1) is 5.92 Å². The third-order valence-corrected chi connectivity index (χ3v) is 3.84. The van der Waals surface area contributed by atoms with Gasteiger partial charge in [-0.1, -0.05) is 30.5 Å². The van der Waals surface area contributed by atoms with Crippen molar-refractivity contribution in [1.29, 1.82) is 0 Å². The van der Waals surface area contributed by atoms with E-state index in [1.165, 1.54) is 25.7 Å². The van der Waals surface area contributed by atoms with Crippen LogP contribution in [0.2, 0.25) is 5.02 Å². The van der Waals surface area contributed by atoms with Gasteiger partial charge in [0.05, 0.1) is 0 Å². The Morgan fingerprint density at radius 3 is 2.71 bits per heavy atom. The zero-order chi connectivity index (χ0) is 12.3. The van der Waals surface area contributed by atoms with E-state index in [0.717, 1.165) is 5.75 Å². The van der Waals surface area contributed by atoms with Crippen LogP contribution in [0.25, 0.3) is 0 Å². The smallest absolute Gasteiger partial charge is 0.121 e. The highest BCUT2D eigenvalue weighted by Crippen LogP contribution is 2.29. The quantitative estimate of drug-likeness (QED) is 0.890. The Balaban J connectivity index is 1.93. The van der Waals surface area contributed by atoms with Crippen LogP contribution in [0.5, 0.6) is 5.75 Å². The summed E-state index contributed by atoms with van der Waals surface area (Å²) >= 11 is 5.92. The normalized spacial score (nSPS) is 20.2. The predicted octanol–water partition coefficient (Wildman–Crippen LogP) is 3.62. The maximum atomic E-state index is 6.25. The second-order valence-corrected chi connectivity index (χ2v) is 5.34. The molecule has 0 radical (unpaired) electrons. The summed E-state index contributed by atoms with van der Waals surface area (Å²) in [6.07, 6.45) is 5.14. The van der Waals surface area contributed by atoms with Gasteiger partial charge < -0.3 is 10.5 Å². The van der Waals surface area contributed by atoms with Crippen LogP contribution in [-0.2, 0) is 0 Å². The van der Waals surface area contributed by atoms with Crippen molar-refractivity contribution in [1.82, 2.24) is 0 Å². The Bertz CT molecular complexity index is 363. The lowest BCUT2D eigenvalue weighted by Crippen LogP contribution is -2.41. The van der Waals surface area contributed by atoms with Gasteiger partial charge >= 0.3 is 0 Å². The standard InChI is InChI=1S/C14H20ClNO/c1-10(14(16)11-5-2-3-6-11)17-13-8-4-7-12(15)9-13/h4,7-11,14H,2-3,5-6,16H2,1H3. The molecule has 0 aromatic heterocycles. The highest BCUT2D eigenvalue weighted by Gasteiger charge is 2.27. The number of nitrogens with two attached hydrogens (primary N) is 1. The average molecular weight is 254 g/mol. The Labute approximate surface area is 108 Å². The van der Waals surface area contributed by atoms with Crippen molar-refractivity contribution in [2.45, 2.75) is 44.8 Å². The molecular formula is C14H20ClNO. The van der Waals surface area contributed by atoms with Crippen molar-refractivity contribution in [3.05, 3.63) is 29.3 Å². The first kappa shape index (κ1) is 12.7. The topological polar surface area (TPSA) is 35.2 Å². The minimum atomic E-state index is 0.0385. The number of rotatable bonds is 4. The molecule has 94 valence electrons. The minimum absolute atomic E-state index is 0.0385. The number of benzene rings is 1. The van der Waals surface area contributed by atoms with E-state index in [2.05, 4.69) is 0 Å². The fourth-order valence-corrected chi connectivity index (χ4v) is 2.74. The molecule has 1 fully saturated rings. The highest BCUT2D eigenvalue weighted by molar-refractivity contribution is 6.30. The molecule has 0 spiro atoms. The lowest BCUT2D eigenvalue weighted by Gasteiger charge is -2.26. The van der Waals surface area contributed by atoms with Crippen LogP contribution >= 0.6 is 11.6 Å². The maximum absolute atomic E-state index is 6.25. The molecule has 1 aromatic rings. The van der Waals surface area contributed by atoms with Crippen molar-refractivity contribution < 1.29 is 4.74 Å². The lowest BCUT2D eigenvalue weighted by molar-refractivity contribution is 0.158. The predicted molar refractivity (Wildman–Crippen MR) is 71.5 cm³/mol. The summed E-state index contributed by atoms with van der Waals surface area (Å²) in [5.41, 5.74) is 6.25. The summed E-state index contributed by atoms with van der Waals surface area (Å²) in [6, 6.07) is 7.61. The van der Waals surface area contributed by atoms with Crippen molar-refractivity contribution in [2.24, 2.45) is 11.7 Å². The minimum Gasteiger partial charge on any atom is -0.489 e. The number of halogens is 1. The fraction of sp³-hybridized carbons (Fsp3) is 0.571. The van der Waals surface area contributed by atoms with Crippen molar-refractivity contribution in [2.75, 3.05) is 0 Å². The van der Waals surface area contributed by atoms with Crippen molar-refractivity contribution in [3.8, 4) is 5.75 Å². The van der Waals surface area contributed by atoms with Gasteiger partial charge in [0, 0.05) is 11.1 Å². The molecule has 1 saturated carbocycles. The van der Waals surface area contributed by atoms with Crippen molar-refractivity contribution in [3.63, 3.8) is 0 Å². The van der Waals surface area contributed by atoms with Crippen molar-refractivity contribution >= 4 is 11.6 Å². The zero-order valence-electron chi connectivity index (χ0n) is 10.2. The van der Waals surface area contributed by atoms with Gasteiger partial charge in [-0.15, -0.1) is 0 Å². The van der Waals surface area contributed by atoms with Crippen LogP contribution in [-0.4, -0.2) is 12.1 Å². The molecule has 2 N–H and O–H groups in total. The van der Waals surface area contributed by atoms with Crippen LogP contribution in [0.15, 0.2) is 24.3 Å². The second-order valence-electron chi connectivity index (χ2n) is 4.90. The first-order valence-corrected chi connectivity index (χ1v) is 6.72. The van der Waals surface area contributed by atoms with Gasteiger partial charge in [0.25, 0.3) is 0 Å². The van der Waals surface area contributed by atoms with Gasteiger partial charge in [-0.3, -0.25) is 0 Å². The third-order valence-electron chi connectivity index (χ3n) is 3.60. The van der Waals surface area contributed by atoms with E-state index in [4.69, 9.17) is 22.1 Å². The molecular weight excluding hydrogens is 234 g/mol. The highest BCUT2D eigenvalue weighted by atomic mass is 35.5. The Morgan fingerprint density at radius 1 is 1.35 bits per heavy atom. The lowest BCUT2D eigenvalue weighted by atomic mass is 9.95.